The van der Waals surface area contributed by atoms with Crippen LogP contribution < -0.4 is 0 Å². The van der Waals surface area contributed by atoms with Gasteiger partial charge in [0.2, 0.25) is 0 Å². The summed E-state index contributed by atoms with van der Waals surface area (Å²) in [6.45, 7) is 0. The Morgan fingerprint density at radius 3 is 1.22 bits per heavy atom. The van der Waals surface area contributed by atoms with Crippen molar-refractivity contribution in [3.8, 4) is 55.9 Å². The molecule has 14 rings (SSSR count). The van der Waals surface area contributed by atoms with E-state index in [0.717, 1.165) is 5.69 Å². The molecule has 0 amide bonds. The van der Waals surface area contributed by atoms with Crippen molar-refractivity contribution in [2.45, 2.75) is 5.41 Å². The van der Waals surface area contributed by atoms with Crippen molar-refractivity contribution in [2.24, 2.45) is 0 Å². The first-order valence-corrected chi connectivity index (χ1v) is 21.9. The summed E-state index contributed by atoms with van der Waals surface area (Å²) in [6.07, 6.45) is 0. The van der Waals surface area contributed by atoms with E-state index < -0.39 is 0 Å². The maximum atomic E-state index is 2.49. The Morgan fingerprint density at radius 1 is 0.238 bits per heavy atom. The van der Waals surface area contributed by atoms with E-state index in [9.17, 15) is 0 Å². The molecule has 0 aliphatic heterocycles. The normalized spacial score (nSPS) is 13.2. The maximum Gasteiger partial charge on any atom is 0.0725 e. The third kappa shape index (κ3) is 4.67. The lowest BCUT2D eigenvalue weighted by atomic mass is 9.70. The third-order valence-corrected chi connectivity index (χ3v) is 14.1. The van der Waals surface area contributed by atoms with Gasteiger partial charge in [-0.25, -0.2) is 0 Å². The first-order chi connectivity index (χ1) is 31.3. The van der Waals surface area contributed by atoms with Crippen molar-refractivity contribution in [1.82, 2.24) is 9.13 Å². The molecule has 0 unspecified atom stereocenters. The number of benzene rings is 10. The summed E-state index contributed by atoms with van der Waals surface area (Å²) in [6, 6.07) is 85.7. The summed E-state index contributed by atoms with van der Waals surface area (Å²) in [4.78, 5) is 0. The summed E-state index contributed by atoms with van der Waals surface area (Å²) in [5, 5.41) is 5.00. The van der Waals surface area contributed by atoms with Gasteiger partial charge in [0.25, 0.3) is 0 Å². The molecule has 1 spiro atoms. The van der Waals surface area contributed by atoms with Crippen LogP contribution in [-0.2, 0) is 5.41 Å². The van der Waals surface area contributed by atoms with Crippen LogP contribution in [0.3, 0.4) is 0 Å². The second kappa shape index (κ2) is 12.9. The second-order valence-corrected chi connectivity index (χ2v) is 17.2. The van der Waals surface area contributed by atoms with Gasteiger partial charge < -0.3 is 9.13 Å². The van der Waals surface area contributed by atoms with Gasteiger partial charge in [0.05, 0.1) is 27.5 Å². The number of hydrogen-bond donors (Lipinski definition) is 0. The maximum absolute atomic E-state index is 2.49. The van der Waals surface area contributed by atoms with Crippen LogP contribution in [0.1, 0.15) is 22.3 Å². The molecule has 0 atom stereocenters. The van der Waals surface area contributed by atoms with Gasteiger partial charge in [0, 0.05) is 32.9 Å². The van der Waals surface area contributed by atoms with Crippen molar-refractivity contribution in [3.63, 3.8) is 0 Å². The van der Waals surface area contributed by atoms with Crippen molar-refractivity contribution in [2.75, 3.05) is 0 Å². The molecule has 2 aliphatic carbocycles. The van der Waals surface area contributed by atoms with Gasteiger partial charge in [0.15, 0.2) is 0 Å². The van der Waals surface area contributed by atoms with Crippen LogP contribution in [0.15, 0.2) is 231 Å². The molecule has 0 fully saturated rings. The van der Waals surface area contributed by atoms with Crippen LogP contribution in [0.2, 0.25) is 0 Å². The highest BCUT2D eigenvalue weighted by atomic mass is 15.0. The predicted octanol–water partition coefficient (Wildman–Crippen LogP) is 15.6. The monoisotopic (exact) mass is 798 g/mol. The molecule has 12 aromatic rings. The Morgan fingerprint density at radius 2 is 0.635 bits per heavy atom. The minimum atomic E-state index is -0.377. The van der Waals surface area contributed by atoms with Crippen LogP contribution in [0.4, 0.5) is 0 Å². The zero-order valence-electron chi connectivity index (χ0n) is 34.3. The average molecular weight is 799 g/mol. The summed E-state index contributed by atoms with van der Waals surface area (Å²) in [5.41, 5.74) is 22.4. The van der Waals surface area contributed by atoms with Gasteiger partial charge in [0.1, 0.15) is 0 Å². The molecule has 0 bridgehead atoms. The molecule has 2 nitrogen and oxygen atoms in total. The molecule has 2 heterocycles. The van der Waals surface area contributed by atoms with Crippen LogP contribution >= 0.6 is 0 Å². The molecule has 63 heavy (non-hydrogen) atoms. The topological polar surface area (TPSA) is 9.86 Å². The lowest BCUT2D eigenvalue weighted by Gasteiger charge is -2.30. The fourth-order valence-electron chi connectivity index (χ4n) is 11.5. The van der Waals surface area contributed by atoms with Gasteiger partial charge in [-0.2, -0.15) is 0 Å². The van der Waals surface area contributed by atoms with E-state index in [1.165, 1.54) is 116 Å². The summed E-state index contributed by atoms with van der Waals surface area (Å²) in [5.74, 6) is 0. The summed E-state index contributed by atoms with van der Waals surface area (Å²) < 4.78 is 4.83. The fraction of sp³-hybridized carbons (Fsp3) is 0.0164. The number of nitrogens with zero attached hydrogens (tertiary/aromatic N) is 2. The van der Waals surface area contributed by atoms with Crippen LogP contribution in [0, 0.1) is 0 Å². The molecular weight excluding hydrogens is 761 g/mol. The Balaban J connectivity index is 0.953. The first kappa shape index (κ1) is 34.5. The molecular formula is C61H38N2. The second-order valence-electron chi connectivity index (χ2n) is 17.2. The molecule has 0 saturated carbocycles. The number of rotatable bonds is 4. The van der Waals surface area contributed by atoms with Crippen LogP contribution in [0.25, 0.3) is 99.5 Å². The Hall–Kier alpha value is -8.20. The Labute approximate surface area is 365 Å². The summed E-state index contributed by atoms with van der Waals surface area (Å²) in [7, 11) is 0. The number of aromatic nitrogens is 2. The Kier molecular flexibility index (Phi) is 7.07. The highest BCUT2D eigenvalue weighted by molar-refractivity contribution is 6.13. The number of para-hydroxylation sites is 3. The summed E-state index contributed by atoms with van der Waals surface area (Å²) >= 11 is 0. The minimum absolute atomic E-state index is 0.377. The lowest BCUT2D eigenvalue weighted by Crippen LogP contribution is -2.25. The van der Waals surface area contributed by atoms with E-state index in [1.54, 1.807) is 0 Å². The van der Waals surface area contributed by atoms with Gasteiger partial charge in [-0.1, -0.05) is 164 Å². The van der Waals surface area contributed by atoms with E-state index in [2.05, 4.69) is 240 Å². The van der Waals surface area contributed by atoms with E-state index in [0.29, 0.717) is 0 Å². The van der Waals surface area contributed by atoms with E-state index in [4.69, 9.17) is 0 Å². The standard InChI is InChI=1S/C61H38N2/c1-3-15-43(16-4-1)62-57-26-14-10-22-49(57)51-36-40(30-33-58(51)62)42-28-32-50-52-35-39(29-34-59(52)63(60(50)38-42)44-17-5-2-6-18-44)41-27-31-48-47-21-9-13-25-55(47)61(56(48)37-41)53-23-11-7-19-45(53)46-20-8-12-24-54(46)61/h1-38H. The van der Waals surface area contributed by atoms with Gasteiger partial charge in [-0.3, -0.25) is 0 Å². The predicted molar refractivity (Wildman–Crippen MR) is 262 cm³/mol. The number of fused-ring (bicyclic) bond motifs is 16. The molecule has 2 aliphatic rings. The molecule has 2 heteroatoms. The molecule has 2 aromatic heterocycles. The zero-order chi connectivity index (χ0) is 41.2. The van der Waals surface area contributed by atoms with Gasteiger partial charge in [-0.15, -0.1) is 0 Å². The highest BCUT2D eigenvalue weighted by Crippen LogP contribution is 2.63. The molecule has 0 saturated heterocycles. The zero-order valence-corrected chi connectivity index (χ0v) is 34.3. The molecule has 0 radical (unpaired) electrons. The molecule has 10 aromatic carbocycles. The quantitative estimate of drug-likeness (QED) is 0.168. The molecule has 292 valence electrons. The SMILES string of the molecule is c1ccc(-n2c3ccccc3c3cc(-c4ccc5c6cc(-c7ccc8c(c7)C7(c9ccccc9-c9ccccc97)c7ccccc7-8)ccc6n(-c6ccccc6)c5c4)ccc32)cc1. The van der Waals surface area contributed by atoms with Crippen molar-refractivity contribution < 1.29 is 0 Å². The van der Waals surface area contributed by atoms with Crippen LogP contribution in [0.5, 0.6) is 0 Å². The number of hydrogen-bond acceptors (Lipinski definition) is 0. The smallest absolute Gasteiger partial charge is 0.0725 e. The van der Waals surface area contributed by atoms with Gasteiger partial charge in [-0.05, 0) is 133 Å². The lowest BCUT2D eigenvalue weighted by molar-refractivity contribution is 0.794. The Bertz CT molecular complexity index is 3780. The molecule has 0 N–H and O–H groups in total. The average Bonchev–Trinajstić information content (AvgIpc) is 4.06. The van der Waals surface area contributed by atoms with Crippen molar-refractivity contribution >= 4 is 43.6 Å². The van der Waals surface area contributed by atoms with E-state index >= 15 is 0 Å². The van der Waals surface area contributed by atoms with Crippen LogP contribution in [-0.4, -0.2) is 9.13 Å². The van der Waals surface area contributed by atoms with Crippen molar-refractivity contribution in [1.29, 1.82) is 0 Å². The van der Waals surface area contributed by atoms with E-state index in [-0.39, 0.29) is 5.41 Å². The van der Waals surface area contributed by atoms with Gasteiger partial charge >= 0.3 is 0 Å². The fourth-order valence-corrected chi connectivity index (χ4v) is 11.5. The highest BCUT2D eigenvalue weighted by Gasteiger charge is 2.51. The largest absolute Gasteiger partial charge is 0.309 e. The first-order valence-electron chi connectivity index (χ1n) is 21.9. The van der Waals surface area contributed by atoms with E-state index in [1.807, 2.05) is 0 Å². The third-order valence-electron chi connectivity index (χ3n) is 14.1. The minimum Gasteiger partial charge on any atom is -0.309 e. The van der Waals surface area contributed by atoms with Crippen molar-refractivity contribution in [3.05, 3.63) is 253 Å².